The molecule has 0 saturated heterocycles. The molecule has 14 heavy (non-hydrogen) atoms. The summed E-state index contributed by atoms with van der Waals surface area (Å²) in [5.74, 6) is 0. The van der Waals surface area contributed by atoms with Gasteiger partial charge in [-0.15, -0.1) is 11.3 Å². The third-order valence-corrected chi connectivity index (χ3v) is 3.55. The Morgan fingerprint density at radius 3 is 2.57 bits per heavy atom. The predicted molar refractivity (Wildman–Crippen MR) is 65.0 cm³/mol. The molecule has 0 aliphatic carbocycles. The average Bonchev–Trinajstić information content (AvgIpc) is 2.57. The van der Waals surface area contributed by atoms with E-state index in [2.05, 4.69) is 4.98 Å². The maximum atomic E-state index is 5.90. The second-order valence-corrected chi connectivity index (χ2v) is 5.05. The molecule has 1 nitrogen and oxygen atoms in total. The van der Waals surface area contributed by atoms with Crippen molar-refractivity contribution in [2.75, 3.05) is 0 Å². The zero-order valence-electron chi connectivity index (χ0n) is 6.88. The van der Waals surface area contributed by atoms with Crippen LogP contribution in [0.2, 0.25) is 10.0 Å². The molecule has 0 atom stereocenters. The zero-order valence-corrected chi connectivity index (χ0v) is 10.0. The molecule has 0 fully saturated rings. The van der Waals surface area contributed by atoms with Crippen molar-refractivity contribution < 1.29 is 0 Å². The molecule has 0 aliphatic heterocycles. The highest BCUT2D eigenvalue weighted by Crippen LogP contribution is 2.28. The van der Waals surface area contributed by atoms with Crippen LogP contribution in [0.3, 0.4) is 0 Å². The van der Waals surface area contributed by atoms with E-state index in [1.54, 1.807) is 6.07 Å². The highest BCUT2D eigenvalue weighted by Gasteiger charge is 2.02. The summed E-state index contributed by atoms with van der Waals surface area (Å²) in [4.78, 5) is 3.07. The van der Waals surface area contributed by atoms with E-state index in [4.69, 9.17) is 35.4 Å². The Morgan fingerprint density at radius 1 is 1.21 bits per heavy atom. The fourth-order valence-electron chi connectivity index (χ4n) is 1.09. The summed E-state index contributed by atoms with van der Waals surface area (Å²) in [6, 6.07) is 5.49. The number of benzene rings is 1. The lowest BCUT2D eigenvalue weighted by Crippen LogP contribution is -1.77. The van der Waals surface area contributed by atoms with Crippen LogP contribution in [-0.2, 0) is 0 Å². The van der Waals surface area contributed by atoms with Crippen molar-refractivity contribution in [1.29, 1.82) is 0 Å². The molecule has 0 radical (unpaired) electrons. The molecular formula is C9H5Cl2NS2. The van der Waals surface area contributed by atoms with Crippen molar-refractivity contribution in [3.63, 3.8) is 0 Å². The van der Waals surface area contributed by atoms with E-state index < -0.39 is 0 Å². The summed E-state index contributed by atoms with van der Waals surface area (Å²) in [5, 5.41) is 3.07. The third kappa shape index (κ3) is 2.01. The SMILES string of the molecule is S=c1[nH]c(-c2ccc(Cl)c(Cl)c2)cs1. The van der Waals surface area contributed by atoms with E-state index in [1.165, 1.54) is 11.3 Å². The van der Waals surface area contributed by atoms with Gasteiger partial charge in [0.1, 0.15) is 0 Å². The first kappa shape index (κ1) is 10.2. The summed E-state index contributed by atoms with van der Waals surface area (Å²) in [6.45, 7) is 0. The second-order valence-electron chi connectivity index (χ2n) is 2.69. The van der Waals surface area contributed by atoms with E-state index in [9.17, 15) is 0 Å². The fraction of sp³-hybridized carbons (Fsp3) is 0. The van der Waals surface area contributed by atoms with Crippen molar-refractivity contribution in [2.45, 2.75) is 0 Å². The molecule has 1 heterocycles. The smallest absolute Gasteiger partial charge is 0.158 e. The maximum absolute atomic E-state index is 5.90. The molecule has 2 rings (SSSR count). The molecule has 0 spiro atoms. The summed E-state index contributed by atoms with van der Waals surface area (Å²) < 4.78 is 0.756. The van der Waals surface area contributed by atoms with Gasteiger partial charge in [0.15, 0.2) is 3.95 Å². The van der Waals surface area contributed by atoms with E-state index in [1.807, 2.05) is 17.5 Å². The van der Waals surface area contributed by atoms with Gasteiger partial charge in [0.05, 0.1) is 15.7 Å². The van der Waals surface area contributed by atoms with Crippen molar-refractivity contribution in [1.82, 2.24) is 4.98 Å². The first-order valence-corrected chi connectivity index (χ1v) is 5.84. The van der Waals surface area contributed by atoms with Gasteiger partial charge in [0.25, 0.3) is 0 Å². The van der Waals surface area contributed by atoms with Gasteiger partial charge in [0.2, 0.25) is 0 Å². The number of rotatable bonds is 1. The van der Waals surface area contributed by atoms with Crippen LogP contribution in [0.15, 0.2) is 23.6 Å². The number of hydrogen-bond acceptors (Lipinski definition) is 2. The molecule has 1 aromatic heterocycles. The molecule has 0 saturated carbocycles. The van der Waals surface area contributed by atoms with Crippen LogP contribution in [0.25, 0.3) is 11.3 Å². The number of thiazole rings is 1. The van der Waals surface area contributed by atoms with E-state index >= 15 is 0 Å². The van der Waals surface area contributed by atoms with Gasteiger partial charge in [-0.25, -0.2) is 0 Å². The number of aromatic amines is 1. The molecule has 0 amide bonds. The monoisotopic (exact) mass is 261 g/mol. The van der Waals surface area contributed by atoms with E-state index in [-0.39, 0.29) is 0 Å². The van der Waals surface area contributed by atoms with Crippen molar-refractivity contribution >= 4 is 46.8 Å². The third-order valence-electron chi connectivity index (χ3n) is 1.75. The Balaban J connectivity index is 2.52. The van der Waals surface area contributed by atoms with Crippen LogP contribution in [0, 0.1) is 3.95 Å². The first-order chi connectivity index (χ1) is 6.66. The molecule has 0 unspecified atom stereocenters. The number of halogens is 2. The van der Waals surface area contributed by atoms with Crippen LogP contribution in [-0.4, -0.2) is 4.98 Å². The largest absolute Gasteiger partial charge is 0.337 e. The molecule has 1 aromatic carbocycles. The number of hydrogen-bond donors (Lipinski definition) is 1. The molecule has 0 aliphatic rings. The number of aromatic nitrogens is 1. The van der Waals surface area contributed by atoms with Gasteiger partial charge in [-0.05, 0) is 24.4 Å². The van der Waals surface area contributed by atoms with Gasteiger partial charge in [-0.2, -0.15) is 0 Å². The minimum Gasteiger partial charge on any atom is -0.337 e. The minimum atomic E-state index is 0.551. The van der Waals surface area contributed by atoms with Crippen molar-refractivity contribution in [3.05, 3.63) is 37.6 Å². The van der Waals surface area contributed by atoms with Crippen LogP contribution >= 0.6 is 46.8 Å². The highest BCUT2D eigenvalue weighted by molar-refractivity contribution is 7.73. The highest BCUT2D eigenvalue weighted by atomic mass is 35.5. The summed E-state index contributed by atoms with van der Waals surface area (Å²) >= 11 is 18.2. The van der Waals surface area contributed by atoms with Gasteiger partial charge >= 0.3 is 0 Å². The summed E-state index contributed by atoms with van der Waals surface area (Å²) in [6.07, 6.45) is 0. The fourth-order valence-corrected chi connectivity index (χ4v) is 2.23. The van der Waals surface area contributed by atoms with E-state index in [0.717, 1.165) is 15.2 Å². The topological polar surface area (TPSA) is 15.8 Å². The Hall–Kier alpha value is -0.350. The maximum Gasteiger partial charge on any atom is 0.158 e. The molecular weight excluding hydrogens is 257 g/mol. The molecule has 1 N–H and O–H groups in total. The Bertz CT molecular complexity index is 516. The van der Waals surface area contributed by atoms with Crippen LogP contribution in [0.5, 0.6) is 0 Å². The van der Waals surface area contributed by atoms with Crippen molar-refractivity contribution in [3.8, 4) is 11.3 Å². The summed E-state index contributed by atoms with van der Waals surface area (Å²) in [5.41, 5.74) is 1.96. The molecule has 2 aromatic rings. The van der Waals surface area contributed by atoms with Gasteiger partial charge in [-0.3, -0.25) is 0 Å². The lowest BCUT2D eigenvalue weighted by atomic mass is 10.2. The van der Waals surface area contributed by atoms with Gasteiger partial charge in [0, 0.05) is 10.9 Å². The van der Waals surface area contributed by atoms with E-state index in [0.29, 0.717) is 10.0 Å². The Labute approximate surface area is 100 Å². The Kier molecular flexibility index (Phi) is 2.93. The molecule has 0 bridgehead atoms. The van der Waals surface area contributed by atoms with Crippen LogP contribution in [0.4, 0.5) is 0 Å². The van der Waals surface area contributed by atoms with Crippen LogP contribution < -0.4 is 0 Å². The zero-order chi connectivity index (χ0) is 10.1. The lowest BCUT2D eigenvalue weighted by molar-refractivity contribution is 1.39. The predicted octanol–water partition coefficient (Wildman–Crippen LogP) is 4.78. The summed E-state index contributed by atoms with van der Waals surface area (Å²) in [7, 11) is 0. The van der Waals surface area contributed by atoms with Crippen molar-refractivity contribution in [2.24, 2.45) is 0 Å². The van der Waals surface area contributed by atoms with Gasteiger partial charge in [-0.1, -0.05) is 29.3 Å². The average molecular weight is 262 g/mol. The standard InChI is InChI=1S/C9H5Cl2NS2/c10-6-2-1-5(3-7(6)11)8-4-14-9(13)12-8/h1-4H,(H,12,13). The van der Waals surface area contributed by atoms with Gasteiger partial charge < -0.3 is 4.98 Å². The minimum absolute atomic E-state index is 0.551. The normalized spacial score (nSPS) is 10.4. The first-order valence-electron chi connectivity index (χ1n) is 3.80. The second kappa shape index (κ2) is 4.03. The Morgan fingerprint density at radius 2 is 2.00 bits per heavy atom. The quantitative estimate of drug-likeness (QED) is 0.731. The lowest BCUT2D eigenvalue weighted by Gasteiger charge is -1.99. The number of H-pyrrole nitrogens is 1. The molecule has 72 valence electrons. The van der Waals surface area contributed by atoms with Crippen LogP contribution in [0.1, 0.15) is 0 Å². The molecule has 5 heteroatoms. The number of nitrogens with one attached hydrogen (secondary N) is 1.